The molecule has 0 aromatic rings. The van der Waals surface area contributed by atoms with Gasteiger partial charge in [-0.25, -0.2) is 9.36 Å². The molecule has 11 nitrogen and oxygen atoms in total. The number of carboxylic acids is 1. The first kappa shape index (κ1) is 57.4. The third-order valence-corrected chi connectivity index (χ3v) is 11.0. The quantitative estimate of drug-likeness (QED) is 0.0200. The first-order chi connectivity index (χ1) is 29.1. The first-order valence-corrected chi connectivity index (χ1v) is 25.2. The number of hydrogen-bond donors (Lipinski definition) is 4. The second kappa shape index (κ2) is 43.1. The van der Waals surface area contributed by atoms with Crippen LogP contribution in [0.5, 0.6) is 0 Å². The average Bonchev–Trinajstić information content (AvgIpc) is 3.22. The van der Waals surface area contributed by atoms with Crippen molar-refractivity contribution in [2.24, 2.45) is 0 Å². The van der Waals surface area contributed by atoms with Gasteiger partial charge in [-0.15, -0.1) is 0 Å². The number of ether oxygens (including phenoxy) is 1. The van der Waals surface area contributed by atoms with Gasteiger partial charge in [0, 0.05) is 12.8 Å². The molecule has 3 atom stereocenters. The molecule has 0 saturated carbocycles. The van der Waals surface area contributed by atoms with Crippen LogP contribution in [0.2, 0.25) is 0 Å². The standard InChI is InChI=1S/C48H86NO10P/c1-3-5-7-9-11-13-15-17-18-19-20-21-22-23-24-25-26-28-30-32-34-36-38-40-47(52)57-41-44(50)42-58-60(55,56)59-43-45(48(53)54)49-46(51)39-37-35-33-31-29-27-16-14-12-10-8-6-4-2/h8,10-11,13-14,16-18,44-45,50H,3-7,9,12,15,19-43H2,1-2H3,(H,49,51)(H,53,54)(H,55,56)/b10-8-,13-11-,16-14-,18-17-. The van der Waals surface area contributed by atoms with Crippen LogP contribution in [0.15, 0.2) is 48.6 Å². The van der Waals surface area contributed by atoms with E-state index < -0.39 is 57.6 Å². The van der Waals surface area contributed by atoms with E-state index in [2.05, 4.69) is 67.8 Å². The monoisotopic (exact) mass is 868 g/mol. The largest absolute Gasteiger partial charge is 0.480 e. The summed E-state index contributed by atoms with van der Waals surface area (Å²) in [6.45, 7) is 2.50. The summed E-state index contributed by atoms with van der Waals surface area (Å²) in [5.41, 5.74) is 0. The third-order valence-electron chi connectivity index (χ3n) is 10.1. The Morgan fingerprint density at radius 1 is 0.533 bits per heavy atom. The minimum atomic E-state index is -4.76. The van der Waals surface area contributed by atoms with Crippen LogP contribution < -0.4 is 5.32 Å². The van der Waals surface area contributed by atoms with Gasteiger partial charge in [-0.05, 0) is 70.6 Å². The Kier molecular flexibility index (Phi) is 41.3. The second-order valence-electron chi connectivity index (χ2n) is 15.9. The molecular weight excluding hydrogens is 781 g/mol. The van der Waals surface area contributed by atoms with Gasteiger partial charge >= 0.3 is 19.8 Å². The Hall–Kier alpha value is -2.56. The molecule has 0 aromatic heterocycles. The van der Waals surface area contributed by atoms with Crippen LogP contribution in [0, 0.1) is 0 Å². The smallest absolute Gasteiger partial charge is 0.472 e. The molecule has 0 heterocycles. The molecule has 0 aliphatic carbocycles. The van der Waals surface area contributed by atoms with E-state index in [1.54, 1.807) is 0 Å². The summed E-state index contributed by atoms with van der Waals surface area (Å²) in [4.78, 5) is 45.9. The predicted octanol–water partition coefficient (Wildman–Crippen LogP) is 12.6. The number of unbranched alkanes of at least 4 members (excludes halogenated alkanes) is 22. The summed E-state index contributed by atoms with van der Waals surface area (Å²) >= 11 is 0. The Morgan fingerprint density at radius 3 is 1.42 bits per heavy atom. The molecule has 12 heteroatoms. The fourth-order valence-corrected chi connectivity index (χ4v) is 7.16. The van der Waals surface area contributed by atoms with Crippen LogP contribution in [0.4, 0.5) is 0 Å². The van der Waals surface area contributed by atoms with Crippen molar-refractivity contribution in [3.8, 4) is 0 Å². The minimum Gasteiger partial charge on any atom is -0.480 e. The summed E-state index contributed by atoms with van der Waals surface area (Å²) < 4.78 is 26.9. The molecule has 348 valence electrons. The lowest BCUT2D eigenvalue weighted by Crippen LogP contribution is -2.43. The number of hydrogen-bond acceptors (Lipinski definition) is 8. The van der Waals surface area contributed by atoms with E-state index >= 15 is 0 Å². The molecule has 0 fully saturated rings. The molecule has 0 saturated heterocycles. The fourth-order valence-electron chi connectivity index (χ4n) is 6.38. The van der Waals surface area contributed by atoms with Crippen LogP contribution >= 0.6 is 7.82 Å². The van der Waals surface area contributed by atoms with Crippen LogP contribution in [-0.2, 0) is 32.7 Å². The van der Waals surface area contributed by atoms with Gasteiger partial charge in [0.15, 0.2) is 6.04 Å². The number of esters is 1. The van der Waals surface area contributed by atoms with Gasteiger partial charge < -0.3 is 25.2 Å². The summed E-state index contributed by atoms with van der Waals surface area (Å²) in [6.07, 6.45) is 48.5. The lowest BCUT2D eigenvalue weighted by molar-refractivity contribution is -0.147. The second-order valence-corrected chi connectivity index (χ2v) is 17.4. The van der Waals surface area contributed by atoms with Gasteiger partial charge in [0.2, 0.25) is 5.91 Å². The molecule has 0 aliphatic rings. The van der Waals surface area contributed by atoms with Crippen molar-refractivity contribution < 1.29 is 47.8 Å². The molecule has 0 aliphatic heterocycles. The molecule has 0 bridgehead atoms. The number of allylic oxidation sites excluding steroid dienone is 8. The van der Waals surface area contributed by atoms with Crippen LogP contribution in [0.3, 0.4) is 0 Å². The predicted molar refractivity (Wildman–Crippen MR) is 245 cm³/mol. The summed E-state index contributed by atoms with van der Waals surface area (Å²) in [5.74, 6) is -2.39. The molecule has 3 unspecified atom stereocenters. The molecule has 0 radical (unpaired) electrons. The van der Waals surface area contributed by atoms with Crippen LogP contribution in [0.1, 0.15) is 206 Å². The highest BCUT2D eigenvalue weighted by molar-refractivity contribution is 7.47. The number of phosphoric acid groups is 1. The van der Waals surface area contributed by atoms with Crippen molar-refractivity contribution in [2.45, 2.75) is 219 Å². The van der Waals surface area contributed by atoms with Gasteiger partial charge in [-0.2, -0.15) is 0 Å². The van der Waals surface area contributed by atoms with Crippen molar-refractivity contribution in [3.63, 3.8) is 0 Å². The number of aliphatic hydroxyl groups is 1. The maximum Gasteiger partial charge on any atom is 0.472 e. The van der Waals surface area contributed by atoms with E-state index in [0.29, 0.717) is 12.8 Å². The summed E-state index contributed by atoms with van der Waals surface area (Å²) in [5, 5.41) is 21.8. The van der Waals surface area contributed by atoms with Crippen LogP contribution in [-0.4, -0.2) is 64.9 Å². The number of amides is 1. The Balaban J connectivity index is 3.82. The first-order valence-electron chi connectivity index (χ1n) is 23.7. The van der Waals surface area contributed by atoms with E-state index in [1.165, 1.54) is 89.9 Å². The maximum atomic E-state index is 12.3. The van der Waals surface area contributed by atoms with E-state index in [9.17, 15) is 34.1 Å². The SMILES string of the molecule is CCC/C=C\C/C=C\CCCCCCCC(=O)NC(COP(=O)(O)OCC(O)COC(=O)CCCCCCCCCCCCCCC/C=C\C/C=C\CCCCC)C(=O)O. The van der Waals surface area contributed by atoms with Crippen molar-refractivity contribution >= 4 is 25.7 Å². The molecule has 0 aromatic carbocycles. The van der Waals surface area contributed by atoms with E-state index in [1.807, 2.05) is 0 Å². The lowest BCUT2D eigenvalue weighted by atomic mass is 10.0. The highest BCUT2D eigenvalue weighted by Gasteiger charge is 2.28. The highest BCUT2D eigenvalue weighted by atomic mass is 31.2. The fraction of sp³-hybridized carbons (Fsp3) is 0.771. The molecule has 0 rings (SSSR count). The number of rotatable bonds is 44. The topological polar surface area (TPSA) is 169 Å². The lowest BCUT2D eigenvalue weighted by Gasteiger charge is -2.18. The molecule has 60 heavy (non-hydrogen) atoms. The number of aliphatic hydroxyl groups excluding tert-OH is 1. The number of phosphoric ester groups is 1. The zero-order valence-corrected chi connectivity index (χ0v) is 38.6. The Labute approximate surface area is 364 Å². The minimum absolute atomic E-state index is 0.128. The number of nitrogens with one attached hydrogen (secondary N) is 1. The zero-order valence-electron chi connectivity index (χ0n) is 37.8. The molecule has 4 N–H and O–H groups in total. The van der Waals surface area contributed by atoms with E-state index in [-0.39, 0.29) is 12.8 Å². The number of carbonyl (C=O) groups is 3. The molecule has 0 spiro atoms. The number of carboxylic acid groups (broad SMARTS) is 1. The van der Waals surface area contributed by atoms with E-state index in [4.69, 9.17) is 13.8 Å². The summed E-state index contributed by atoms with van der Waals surface area (Å²) in [6, 6.07) is -1.55. The highest BCUT2D eigenvalue weighted by Crippen LogP contribution is 2.43. The Bertz CT molecular complexity index is 1200. The van der Waals surface area contributed by atoms with Gasteiger partial charge in [0.25, 0.3) is 0 Å². The van der Waals surface area contributed by atoms with E-state index in [0.717, 1.165) is 77.0 Å². The molecular formula is C48H86NO10P. The zero-order chi connectivity index (χ0) is 44.2. The van der Waals surface area contributed by atoms with Gasteiger partial charge in [-0.3, -0.25) is 18.6 Å². The Morgan fingerprint density at radius 2 is 0.950 bits per heavy atom. The normalized spacial score (nSPS) is 14.1. The van der Waals surface area contributed by atoms with Gasteiger partial charge in [0.05, 0.1) is 13.2 Å². The molecule has 1 amide bonds. The van der Waals surface area contributed by atoms with Gasteiger partial charge in [0.1, 0.15) is 12.7 Å². The average molecular weight is 868 g/mol. The van der Waals surface area contributed by atoms with Crippen molar-refractivity contribution in [3.05, 3.63) is 48.6 Å². The number of aliphatic carboxylic acids is 1. The van der Waals surface area contributed by atoms with Gasteiger partial charge in [-0.1, -0.05) is 172 Å². The summed E-state index contributed by atoms with van der Waals surface area (Å²) in [7, 11) is -4.76. The van der Waals surface area contributed by atoms with Crippen molar-refractivity contribution in [1.82, 2.24) is 5.32 Å². The van der Waals surface area contributed by atoms with Crippen LogP contribution in [0.25, 0.3) is 0 Å². The maximum absolute atomic E-state index is 12.3. The number of carbonyl (C=O) groups excluding carboxylic acids is 2. The van der Waals surface area contributed by atoms with Crippen molar-refractivity contribution in [1.29, 1.82) is 0 Å². The third kappa shape index (κ3) is 42.1. The van der Waals surface area contributed by atoms with Crippen molar-refractivity contribution in [2.75, 3.05) is 19.8 Å².